The lowest BCUT2D eigenvalue weighted by Crippen LogP contribution is -2.26. The predicted octanol–water partition coefficient (Wildman–Crippen LogP) is 3.74. The first-order valence-corrected chi connectivity index (χ1v) is 9.76. The third-order valence-corrected chi connectivity index (χ3v) is 4.56. The Balaban J connectivity index is 2.10. The molecule has 140 valence electrons. The van der Waals surface area contributed by atoms with Gasteiger partial charge in [0.2, 0.25) is 0 Å². The predicted molar refractivity (Wildman–Crippen MR) is 92.3 cm³/mol. The number of nitrogens with one attached hydrogen (secondary N) is 1. The van der Waals surface area contributed by atoms with Gasteiger partial charge in [-0.2, -0.15) is 13.2 Å². The van der Waals surface area contributed by atoms with Gasteiger partial charge in [-0.3, -0.25) is 4.79 Å². The molecule has 0 aromatic heterocycles. The molecule has 2 aromatic carbocycles. The first kappa shape index (κ1) is 20.0. The van der Waals surface area contributed by atoms with Crippen molar-refractivity contribution in [2.75, 3.05) is 6.26 Å². The SMILES string of the molecule is CC(NC(=O)c1ccc(CS(C)(=O)=O)cc1)c1cccc(C(F)(F)F)c1. The molecule has 0 aliphatic heterocycles. The second kappa shape index (κ2) is 7.49. The summed E-state index contributed by atoms with van der Waals surface area (Å²) in [5.41, 5.74) is 0.402. The average molecular weight is 385 g/mol. The molecule has 2 aromatic rings. The van der Waals surface area contributed by atoms with Gasteiger partial charge in [0, 0.05) is 11.8 Å². The highest BCUT2D eigenvalue weighted by Gasteiger charge is 2.30. The van der Waals surface area contributed by atoms with E-state index in [1.54, 1.807) is 6.92 Å². The molecule has 0 spiro atoms. The topological polar surface area (TPSA) is 63.2 Å². The Kier molecular flexibility index (Phi) is 5.75. The van der Waals surface area contributed by atoms with Crippen LogP contribution >= 0.6 is 0 Å². The number of amides is 1. The fraction of sp³-hybridized carbons (Fsp3) is 0.278. The quantitative estimate of drug-likeness (QED) is 0.853. The van der Waals surface area contributed by atoms with Crippen molar-refractivity contribution in [3.63, 3.8) is 0 Å². The van der Waals surface area contributed by atoms with Crippen molar-refractivity contribution in [2.45, 2.75) is 24.9 Å². The van der Waals surface area contributed by atoms with Crippen molar-refractivity contribution in [3.05, 3.63) is 70.8 Å². The summed E-state index contributed by atoms with van der Waals surface area (Å²) < 4.78 is 60.9. The van der Waals surface area contributed by atoms with Gasteiger partial charge in [-0.15, -0.1) is 0 Å². The highest BCUT2D eigenvalue weighted by molar-refractivity contribution is 7.89. The van der Waals surface area contributed by atoms with Gasteiger partial charge in [0.15, 0.2) is 9.84 Å². The molecular formula is C18H18F3NO3S. The summed E-state index contributed by atoms with van der Waals surface area (Å²) in [7, 11) is -3.17. The second-order valence-electron chi connectivity index (χ2n) is 6.09. The number of benzene rings is 2. The molecule has 0 heterocycles. The van der Waals surface area contributed by atoms with Gasteiger partial charge in [0.1, 0.15) is 0 Å². The van der Waals surface area contributed by atoms with Crippen LogP contribution in [0.2, 0.25) is 0 Å². The third-order valence-electron chi connectivity index (χ3n) is 3.71. The molecule has 4 nitrogen and oxygen atoms in total. The summed E-state index contributed by atoms with van der Waals surface area (Å²) in [5, 5.41) is 2.63. The number of alkyl halides is 3. The van der Waals surface area contributed by atoms with Crippen LogP contribution in [-0.4, -0.2) is 20.6 Å². The number of rotatable bonds is 5. The normalized spacial score (nSPS) is 13.3. The fourth-order valence-corrected chi connectivity index (χ4v) is 3.20. The number of carbonyl (C=O) groups is 1. The Morgan fingerprint density at radius 2 is 1.73 bits per heavy atom. The molecular weight excluding hydrogens is 367 g/mol. The minimum atomic E-state index is -4.45. The second-order valence-corrected chi connectivity index (χ2v) is 8.23. The minimum Gasteiger partial charge on any atom is -0.346 e. The van der Waals surface area contributed by atoms with Gasteiger partial charge < -0.3 is 5.32 Å². The molecule has 0 bridgehead atoms. The maximum Gasteiger partial charge on any atom is 0.416 e. The van der Waals surface area contributed by atoms with Gasteiger partial charge in [-0.05, 0) is 42.3 Å². The van der Waals surface area contributed by atoms with E-state index in [2.05, 4.69) is 5.32 Å². The molecule has 2 rings (SSSR count). The molecule has 1 unspecified atom stereocenters. The van der Waals surface area contributed by atoms with Crippen LogP contribution < -0.4 is 5.32 Å². The highest BCUT2D eigenvalue weighted by atomic mass is 32.2. The summed E-state index contributed by atoms with van der Waals surface area (Å²) in [6, 6.07) is 10.2. The molecule has 0 aliphatic rings. The van der Waals surface area contributed by atoms with Crippen LogP contribution in [0.4, 0.5) is 13.2 Å². The monoisotopic (exact) mass is 385 g/mol. The van der Waals surface area contributed by atoms with Crippen LogP contribution in [0.1, 0.15) is 40.0 Å². The molecule has 1 atom stereocenters. The molecule has 0 fully saturated rings. The number of hydrogen-bond acceptors (Lipinski definition) is 3. The summed E-state index contributed by atoms with van der Waals surface area (Å²) >= 11 is 0. The molecule has 26 heavy (non-hydrogen) atoms. The summed E-state index contributed by atoms with van der Waals surface area (Å²) in [5.74, 6) is -0.587. The van der Waals surface area contributed by atoms with E-state index in [1.807, 2.05) is 0 Å². The molecule has 0 radical (unpaired) electrons. The largest absolute Gasteiger partial charge is 0.416 e. The van der Waals surface area contributed by atoms with Crippen LogP contribution in [0.5, 0.6) is 0 Å². The molecule has 0 aliphatic carbocycles. The van der Waals surface area contributed by atoms with Crippen LogP contribution in [0, 0.1) is 0 Å². The lowest BCUT2D eigenvalue weighted by molar-refractivity contribution is -0.137. The average Bonchev–Trinajstić information content (AvgIpc) is 2.53. The Labute approximate surface area is 150 Å². The van der Waals surface area contributed by atoms with Crippen molar-refractivity contribution in [1.82, 2.24) is 5.32 Å². The Morgan fingerprint density at radius 3 is 2.27 bits per heavy atom. The maximum absolute atomic E-state index is 12.8. The van der Waals surface area contributed by atoms with E-state index in [1.165, 1.54) is 36.4 Å². The number of sulfone groups is 1. The van der Waals surface area contributed by atoms with E-state index >= 15 is 0 Å². The minimum absolute atomic E-state index is 0.129. The smallest absolute Gasteiger partial charge is 0.346 e. The molecule has 8 heteroatoms. The van der Waals surface area contributed by atoms with Crippen molar-refractivity contribution < 1.29 is 26.4 Å². The number of hydrogen-bond donors (Lipinski definition) is 1. The van der Waals surface area contributed by atoms with Crippen molar-refractivity contribution in [2.24, 2.45) is 0 Å². The van der Waals surface area contributed by atoms with Gasteiger partial charge in [-0.25, -0.2) is 8.42 Å². The molecule has 1 N–H and O–H groups in total. The zero-order valence-corrected chi connectivity index (χ0v) is 15.0. The van der Waals surface area contributed by atoms with Crippen LogP contribution in [-0.2, 0) is 21.8 Å². The van der Waals surface area contributed by atoms with Crippen molar-refractivity contribution in [1.29, 1.82) is 0 Å². The van der Waals surface area contributed by atoms with Gasteiger partial charge in [-0.1, -0.05) is 24.3 Å². The van der Waals surface area contributed by atoms with E-state index < -0.39 is 33.5 Å². The van der Waals surface area contributed by atoms with Crippen LogP contribution in [0.25, 0.3) is 0 Å². The fourth-order valence-electron chi connectivity index (χ4n) is 2.40. The van der Waals surface area contributed by atoms with Gasteiger partial charge in [0.05, 0.1) is 17.4 Å². The Bertz CT molecular complexity index is 891. The standard InChI is InChI=1S/C18H18F3NO3S/c1-12(15-4-3-5-16(10-15)18(19,20)21)22-17(23)14-8-6-13(7-9-14)11-26(2,24)25/h3-10,12H,11H2,1-2H3,(H,22,23). The van der Waals surface area contributed by atoms with E-state index in [-0.39, 0.29) is 5.75 Å². The van der Waals surface area contributed by atoms with E-state index in [0.29, 0.717) is 16.7 Å². The lowest BCUT2D eigenvalue weighted by Gasteiger charge is -2.16. The first-order chi connectivity index (χ1) is 12.0. The molecule has 0 saturated carbocycles. The van der Waals surface area contributed by atoms with Crippen molar-refractivity contribution >= 4 is 15.7 Å². The summed E-state index contributed by atoms with van der Waals surface area (Å²) in [4.78, 5) is 12.3. The highest BCUT2D eigenvalue weighted by Crippen LogP contribution is 2.30. The van der Waals surface area contributed by atoms with Crippen LogP contribution in [0.15, 0.2) is 48.5 Å². The van der Waals surface area contributed by atoms with Gasteiger partial charge in [0.25, 0.3) is 5.91 Å². The third kappa shape index (κ3) is 5.59. The zero-order valence-electron chi connectivity index (χ0n) is 14.2. The number of carbonyl (C=O) groups excluding carboxylic acids is 1. The summed E-state index contributed by atoms with van der Waals surface area (Å²) in [6.45, 7) is 1.59. The lowest BCUT2D eigenvalue weighted by atomic mass is 10.0. The first-order valence-electron chi connectivity index (χ1n) is 7.70. The van der Waals surface area contributed by atoms with E-state index in [9.17, 15) is 26.4 Å². The zero-order chi connectivity index (χ0) is 19.5. The Hall–Kier alpha value is -2.35. The molecule has 0 saturated heterocycles. The molecule has 1 amide bonds. The maximum atomic E-state index is 12.8. The van der Waals surface area contributed by atoms with Crippen molar-refractivity contribution in [3.8, 4) is 0 Å². The Morgan fingerprint density at radius 1 is 1.12 bits per heavy atom. The van der Waals surface area contributed by atoms with Gasteiger partial charge >= 0.3 is 6.18 Å². The number of halogens is 3. The van der Waals surface area contributed by atoms with Crippen LogP contribution in [0.3, 0.4) is 0 Å². The van der Waals surface area contributed by atoms with E-state index in [0.717, 1.165) is 18.4 Å². The van der Waals surface area contributed by atoms with E-state index in [4.69, 9.17) is 0 Å². The summed E-state index contributed by atoms with van der Waals surface area (Å²) in [6.07, 6.45) is -3.33.